The van der Waals surface area contributed by atoms with E-state index in [4.69, 9.17) is 0 Å². The van der Waals surface area contributed by atoms with Gasteiger partial charge in [-0.2, -0.15) is 0 Å². The van der Waals surface area contributed by atoms with E-state index >= 15 is 0 Å². The van der Waals surface area contributed by atoms with E-state index < -0.39 is 0 Å². The second-order valence-corrected chi connectivity index (χ2v) is 4.68. The molecule has 0 radical (unpaired) electrons. The van der Waals surface area contributed by atoms with Crippen LogP contribution in [0.5, 0.6) is 0 Å². The largest absolute Gasteiger partial charge is 0.339 e. The summed E-state index contributed by atoms with van der Waals surface area (Å²) in [5.41, 5.74) is 1.09. The van der Waals surface area contributed by atoms with Gasteiger partial charge in [0.25, 0.3) is 0 Å². The van der Waals surface area contributed by atoms with Crippen LogP contribution in [-0.2, 0) is 4.79 Å². The maximum atomic E-state index is 12.2. The van der Waals surface area contributed by atoms with Crippen molar-refractivity contribution in [3.05, 3.63) is 11.6 Å². The number of carbonyl (C=O) groups excluding carboxylic acids is 1. The first kappa shape index (κ1) is 10.7. The quantitative estimate of drug-likeness (QED) is 0.647. The summed E-state index contributed by atoms with van der Waals surface area (Å²) in [4.78, 5) is 14.2. The molecule has 0 saturated carbocycles. The van der Waals surface area contributed by atoms with Crippen LogP contribution >= 0.6 is 0 Å². The Morgan fingerprint density at radius 3 is 2.53 bits per heavy atom. The van der Waals surface area contributed by atoms with Crippen molar-refractivity contribution in [1.29, 1.82) is 0 Å². The topological polar surface area (TPSA) is 20.3 Å². The SMILES string of the molecule is O=C(C1=CCCCCC1)N1CCCCC1. The molecule has 15 heavy (non-hydrogen) atoms. The first-order chi connectivity index (χ1) is 7.38. The normalized spacial score (nSPS) is 23.2. The molecule has 84 valence electrons. The Balaban J connectivity index is 1.95. The van der Waals surface area contributed by atoms with Crippen LogP contribution in [0.3, 0.4) is 0 Å². The highest BCUT2D eigenvalue weighted by Gasteiger charge is 2.20. The van der Waals surface area contributed by atoms with Gasteiger partial charge >= 0.3 is 0 Å². The van der Waals surface area contributed by atoms with E-state index in [0.717, 1.165) is 31.5 Å². The fourth-order valence-corrected chi connectivity index (χ4v) is 2.51. The highest BCUT2D eigenvalue weighted by Crippen LogP contribution is 2.20. The minimum atomic E-state index is 0.330. The van der Waals surface area contributed by atoms with Gasteiger partial charge in [-0.15, -0.1) is 0 Å². The lowest BCUT2D eigenvalue weighted by atomic mass is 10.1. The van der Waals surface area contributed by atoms with E-state index in [1.165, 1.54) is 38.5 Å². The Labute approximate surface area is 92.3 Å². The third-order valence-electron chi connectivity index (χ3n) is 3.46. The van der Waals surface area contributed by atoms with Crippen molar-refractivity contribution in [2.24, 2.45) is 0 Å². The van der Waals surface area contributed by atoms with Crippen molar-refractivity contribution in [1.82, 2.24) is 4.90 Å². The van der Waals surface area contributed by atoms with Gasteiger partial charge in [-0.05, 0) is 44.9 Å². The molecule has 1 aliphatic carbocycles. The smallest absolute Gasteiger partial charge is 0.249 e. The van der Waals surface area contributed by atoms with E-state index in [-0.39, 0.29) is 0 Å². The Bertz CT molecular complexity index is 251. The number of carbonyl (C=O) groups is 1. The Kier molecular flexibility index (Phi) is 3.81. The van der Waals surface area contributed by atoms with Crippen molar-refractivity contribution in [3.8, 4) is 0 Å². The summed E-state index contributed by atoms with van der Waals surface area (Å²) in [6.45, 7) is 1.96. The molecule has 0 aromatic carbocycles. The van der Waals surface area contributed by atoms with Crippen LogP contribution in [0.2, 0.25) is 0 Å². The third kappa shape index (κ3) is 2.83. The number of allylic oxidation sites excluding steroid dienone is 1. The monoisotopic (exact) mass is 207 g/mol. The molecule has 1 aliphatic heterocycles. The summed E-state index contributed by atoms with van der Waals surface area (Å²) in [6.07, 6.45) is 11.7. The Morgan fingerprint density at radius 2 is 1.73 bits per heavy atom. The van der Waals surface area contributed by atoms with Crippen LogP contribution in [0, 0.1) is 0 Å². The second-order valence-electron chi connectivity index (χ2n) is 4.68. The minimum Gasteiger partial charge on any atom is -0.339 e. The number of hydrogen-bond donors (Lipinski definition) is 0. The summed E-state index contributed by atoms with van der Waals surface area (Å²) >= 11 is 0. The van der Waals surface area contributed by atoms with Crippen LogP contribution in [0.4, 0.5) is 0 Å². The van der Waals surface area contributed by atoms with Gasteiger partial charge in [0.05, 0.1) is 0 Å². The van der Waals surface area contributed by atoms with Crippen molar-refractivity contribution in [3.63, 3.8) is 0 Å². The summed E-state index contributed by atoms with van der Waals surface area (Å²) in [5.74, 6) is 0.330. The minimum absolute atomic E-state index is 0.330. The average molecular weight is 207 g/mol. The lowest BCUT2D eigenvalue weighted by Crippen LogP contribution is -2.36. The molecule has 1 heterocycles. The molecule has 2 nitrogen and oxygen atoms in total. The van der Waals surface area contributed by atoms with E-state index in [1.54, 1.807) is 0 Å². The van der Waals surface area contributed by atoms with E-state index in [9.17, 15) is 4.79 Å². The van der Waals surface area contributed by atoms with Gasteiger partial charge in [-0.3, -0.25) is 4.79 Å². The fraction of sp³-hybridized carbons (Fsp3) is 0.769. The number of nitrogens with zero attached hydrogens (tertiary/aromatic N) is 1. The van der Waals surface area contributed by atoms with Crippen LogP contribution in [0.1, 0.15) is 51.4 Å². The van der Waals surface area contributed by atoms with E-state index in [1.807, 2.05) is 0 Å². The van der Waals surface area contributed by atoms with E-state index in [2.05, 4.69) is 11.0 Å². The van der Waals surface area contributed by atoms with Gasteiger partial charge < -0.3 is 4.90 Å². The molecular weight excluding hydrogens is 186 g/mol. The molecule has 1 amide bonds. The van der Waals surface area contributed by atoms with Crippen molar-refractivity contribution >= 4 is 5.91 Å². The lowest BCUT2D eigenvalue weighted by Gasteiger charge is -2.27. The molecule has 0 unspecified atom stereocenters. The number of rotatable bonds is 1. The Hall–Kier alpha value is -0.790. The Morgan fingerprint density at radius 1 is 1.00 bits per heavy atom. The molecule has 0 aromatic heterocycles. The lowest BCUT2D eigenvalue weighted by molar-refractivity contribution is -0.128. The highest BCUT2D eigenvalue weighted by atomic mass is 16.2. The first-order valence-electron chi connectivity index (χ1n) is 6.36. The predicted octanol–water partition coefficient (Wildman–Crippen LogP) is 2.89. The molecule has 0 N–H and O–H groups in total. The van der Waals surface area contributed by atoms with Gasteiger partial charge in [0.2, 0.25) is 5.91 Å². The summed E-state index contributed by atoms with van der Waals surface area (Å²) < 4.78 is 0. The zero-order chi connectivity index (χ0) is 10.5. The van der Waals surface area contributed by atoms with Crippen molar-refractivity contribution in [2.75, 3.05) is 13.1 Å². The molecule has 1 fully saturated rings. The second kappa shape index (κ2) is 5.34. The summed E-state index contributed by atoms with van der Waals surface area (Å²) in [7, 11) is 0. The number of piperidine rings is 1. The van der Waals surface area contributed by atoms with Gasteiger partial charge in [-0.1, -0.05) is 12.5 Å². The summed E-state index contributed by atoms with van der Waals surface area (Å²) in [5, 5.41) is 0. The zero-order valence-corrected chi connectivity index (χ0v) is 9.50. The number of likely N-dealkylation sites (tertiary alicyclic amines) is 1. The number of amides is 1. The van der Waals surface area contributed by atoms with Gasteiger partial charge in [0, 0.05) is 18.7 Å². The standard InChI is InChI=1S/C13H21NO/c15-13(14-10-6-3-7-11-14)12-8-4-1-2-5-9-12/h8H,1-7,9-11H2. The van der Waals surface area contributed by atoms with Crippen LogP contribution in [0.25, 0.3) is 0 Å². The molecule has 0 bridgehead atoms. The average Bonchev–Trinajstić information content (AvgIpc) is 2.58. The molecular formula is C13H21NO. The van der Waals surface area contributed by atoms with E-state index in [0.29, 0.717) is 5.91 Å². The predicted molar refractivity (Wildman–Crippen MR) is 61.6 cm³/mol. The number of hydrogen-bond acceptors (Lipinski definition) is 1. The zero-order valence-electron chi connectivity index (χ0n) is 9.50. The van der Waals surface area contributed by atoms with Crippen molar-refractivity contribution < 1.29 is 4.79 Å². The van der Waals surface area contributed by atoms with Gasteiger partial charge in [-0.25, -0.2) is 0 Å². The third-order valence-corrected chi connectivity index (χ3v) is 3.46. The molecule has 1 saturated heterocycles. The molecule has 2 aliphatic rings. The highest BCUT2D eigenvalue weighted by molar-refractivity contribution is 5.93. The fourth-order valence-electron chi connectivity index (χ4n) is 2.51. The van der Waals surface area contributed by atoms with Gasteiger partial charge in [0.15, 0.2) is 0 Å². The van der Waals surface area contributed by atoms with Crippen LogP contribution < -0.4 is 0 Å². The molecule has 2 rings (SSSR count). The molecule has 0 spiro atoms. The van der Waals surface area contributed by atoms with Crippen molar-refractivity contribution in [2.45, 2.75) is 51.4 Å². The van der Waals surface area contributed by atoms with Crippen LogP contribution in [0.15, 0.2) is 11.6 Å². The summed E-state index contributed by atoms with van der Waals surface area (Å²) in [6, 6.07) is 0. The molecule has 0 aromatic rings. The molecule has 0 atom stereocenters. The van der Waals surface area contributed by atoms with Gasteiger partial charge in [0.1, 0.15) is 0 Å². The maximum Gasteiger partial charge on any atom is 0.249 e. The first-order valence-corrected chi connectivity index (χ1v) is 6.36. The molecule has 2 heteroatoms. The maximum absolute atomic E-state index is 12.2. The van der Waals surface area contributed by atoms with Crippen LogP contribution in [-0.4, -0.2) is 23.9 Å².